The lowest BCUT2D eigenvalue weighted by molar-refractivity contribution is -0.147. The monoisotopic (exact) mass is 317 g/mol. The van der Waals surface area contributed by atoms with Gasteiger partial charge in [-0.1, -0.05) is 45.7 Å². The van der Waals surface area contributed by atoms with Crippen molar-refractivity contribution in [1.82, 2.24) is 4.57 Å². The molecule has 0 aromatic heterocycles. The molecule has 0 unspecified atom stereocenters. The number of rotatable bonds is 3. The van der Waals surface area contributed by atoms with Gasteiger partial charge in [-0.2, -0.15) is 0 Å². The number of hydrogen-bond acceptors (Lipinski definition) is 3. The SMILES string of the molecule is CC(C)(C)[Si](C)(C)N1C(=O)[C@H](CC#CC=O)[C@H]1CC#CC=O. The van der Waals surface area contributed by atoms with Crippen LogP contribution < -0.4 is 0 Å². The molecule has 1 amide bonds. The summed E-state index contributed by atoms with van der Waals surface area (Å²) >= 11 is 0. The third-order valence-electron chi connectivity index (χ3n) is 4.74. The second kappa shape index (κ2) is 6.94. The van der Waals surface area contributed by atoms with E-state index in [1.54, 1.807) is 0 Å². The predicted molar refractivity (Wildman–Crippen MR) is 88.2 cm³/mol. The van der Waals surface area contributed by atoms with Crippen LogP contribution in [0.4, 0.5) is 0 Å². The molecule has 4 nitrogen and oxygen atoms in total. The minimum Gasteiger partial charge on any atom is -0.364 e. The number of amides is 1. The average molecular weight is 317 g/mol. The molecule has 0 spiro atoms. The van der Waals surface area contributed by atoms with Crippen molar-refractivity contribution in [2.45, 2.75) is 57.8 Å². The summed E-state index contributed by atoms with van der Waals surface area (Å²) in [6.07, 6.45) is 1.95. The van der Waals surface area contributed by atoms with E-state index < -0.39 is 8.24 Å². The summed E-state index contributed by atoms with van der Waals surface area (Å²) in [5, 5.41) is 0.0401. The molecule has 5 heteroatoms. The van der Waals surface area contributed by atoms with Gasteiger partial charge in [-0.25, -0.2) is 0 Å². The summed E-state index contributed by atoms with van der Waals surface area (Å²) in [5.74, 6) is 10.2. The Morgan fingerprint density at radius 2 is 1.59 bits per heavy atom. The number of carbonyl (C=O) groups is 3. The minimum absolute atomic E-state index is 0.0122. The van der Waals surface area contributed by atoms with Gasteiger partial charge in [-0.05, 0) is 16.9 Å². The normalized spacial score (nSPS) is 21.0. The summed E-state index contributed by atoms with van der Waals surface area (Å²) in [7, 11) is -1.99. The Bertz CT molecular complexity index is 581. The van der Waals surface area contributed by atoms with Crippen LogP contribution in [0.15, 0.2) is 0 Å². The number of β-lactam (4-membered cyclic amide) rings is 1. The van der Waals surface area contributed by atoms with Crippen LogP contribution in [-0.2, 0) is 14.4 Å². The third kappa shape index (κ3) is 3.48. The fourth-order valence-electron chi connectivity index (χ4n) is 2.53. The number of hydrogen-bond donors (Lipinski definition) is 0. The molecule has 22 heavy (non-hydrogen) atoms. The van der Waals surface area contributed by atoms with Crippen LogP contribution in [0, 0.1) is 29.6 Å². The van der Waals surface area contributed by atoms with Crippen LogP contribution in [0.5, 0.6) is 0 Å². The van der Waals surface area contributed by atoms with E-state index in [1.165, 1.54) is 0 Å². The number of nitrogens with zero attached hydrogens (tertiary/aromatic N) is 1. The van der Waals surface area contributed by atoms with Crippen LogP contribution in [-0.4, -0.2) is 37.3 Å². The zero-order valence-electron chi connectivity index (χ0n) is 13.9. The van der Waals surface area contributed by atoms with Gasteiger partial charge in [0.15, 0.2) is 20.8 Å². The van der Waals surface area contributed by atoms with Crippen molar-refractivity contribution >= 4 is 26.7 Å². The van der Waals surface area contributed by atoms with E-state index in [-0.39, 0.29) is 22.9 Å². The largest absolute Gasteiger partial charge is 0.364 e. The van der Waals surface area contributed by atoms with Crippen molar-refractivity contribution < 1.29 is 14.4 Å². The smallest absolute Gasteiger partial charge is 0.221 e. The maximum atomic E-state index is 12.6. The van der Waals surface area contributed by atoms with Crippen LogP contribution in [0.3, 0.4) is 0 Å². The highest BCUT2D eigenvalue weighted by Crippen LogP contribution is 2.46. The lowest BCUT2D eigenvalue weighted by Crippen LogP contribution is -2.72. The lowest BCUT2D eigenvalue weighted by Gasteiger charge is -2.58. The number of aldehydes is 2. The second-order valence-electron chi connectivity index (χ2n) is 6.98. The van der Waals surface area contributed by atoms with Gasteiger partial charge in [0.05, 0.1) is 5.92 Å². The van der Waals surface area contributed by atoms with Crippen molar-refractivity contribution in [3.05, 3.63) is 0 Å². The van der Waals surface area contributed by atoms with E-state index in [0.29, 0.717) is 25.4 Å². The van der Waals surface area contributed by atoms with Crippen LogP contribution in [0.25, 0.3) is 0 Å². The summed E-state index contributed by atoms with van der Waals surface area (Å²) in [6.45, 7) is 10.8. The molecule has 0 aliphatic carbocycles. The predicted octanol–water partition coefficient (Wildman–Crippen LogP) is 2.00. The van der Waals surface area contributed by atoms with Crippen LogP contribution in [0.1, 0.15) is 33.6 Å². The Labute approximate surface area is 133 Å². The summed E-state index contributed by atoms with van der Waals surface area (Å²) < 4.78 is 2.00. The molecular formula is C17H23NO3Si. The Morgan fingerprint density at radius 1 is 1.09 bits per heavy atom. The highest BCUT2D eigenvalue weighted by molar-refractivity contribution is 6.80. The first-order valence-corrected chi connectivity index (χ1v) is 10.3. The van der Waals surface area contributed by atoms with E-state index in [2.05, 4.69) is 57.5 Å². The Kier molecular flexibility index (Phi) is 5.74. The molecular weight excluding hydrogens is 294 g/mol. The Hall–Kier alpha value is -1.85. The third-order valence-corrected chi connectivity index (χ3v) is 10.2. The molecule has 0 bridgehead atoms. The first-order chi connectivity index (χ1) is 10.2. The van der Waals surface area contributed by atoms with Crippen molar-refractivity contribution in [1.29, 1.82) is 0 Å². The van der Waals surface area contributed by atoms with Gasteiger partial charge >= 0.3 is 0 Å². The lowest BCUT2D eigenvalue weighted by atomic mass is 9.85. The molecule has 1 rings (SSSR count). The Balaban J connectivity index is 3.03. The van der Waals surface area contributed by atoms with Gasteiger partial charge < -0.3 is 4.57 Å². The van der Waals surface area contributed by atoms with E-state index in [9.17, 15) is 14.4 Å². The first kappa shape index (κ1) is 18.2. The average Bonchev–Trinajstić information content (AvgIpc) is 2.41. The molecule has 0 aromatic rings. The van der Waals surface area contributed by atoms with Crippen molar-refractivity contribution in [3.8, 4) is 23.7 Å². The van der Waals surface area contributed by atoms with Gasteiger partial charge in [0, 0.05) is 18.9 Å². The molecule has 1 fully saturated rings. The van der Waals surface area contributed by atoms with Gasteiger partial charge in [0.2, 0.25) is 5.91 Å². The maximum Gasteiger partial charge on any atom is 0.221 e. The minimum atomic E-state index is -1.99. The summed E-state index contributed by atoms with van der Waals surface area (Å²) in [5.41, 5.74) is 0. The van der Waals surface area contributed by atoms with E-state index in [1.807, 2.05) is 4.57 Å². The zero-order chi connectivity index (χ0) is 17.0. The van der Waals surface area contributed by atoms with Gasteiger partial charge in [0.1, 0.15) is 0 Å². The molecule has 1 aliphatic rings. The van der Waals surface area contributed by atoms with Crippen molar-refractivity contribution in [3.63, 3.8) is 0 Å². The van der Waals surface area contributed by atoms with Crippen molar-refractivity contribution in [2.75, 3.05) is 0 Å². The van der Waals surface area contributed by atoms with Gasteiger partial charge in [-0.3, -0.25) is 14.4 Å². The molecule has 2 atom stereocenters. The highest BCUT2D eigenvalue weighted by Gasteiger charge is 2.56. The summed E-state index contributed by atoms with van der Waals surface area (Å²) in [4.78, 5) is 33.3. The quantitative estimate of drug-likeness (QED) is 0.346. The highest BCUT2D eigenvalue weighted by atomic mass is 28.3. The van der Waals surface area contributed by atoms with E-state index in [4.69, 9.17) is 0 Å². The molecule has 1 heterocycles. The molecule has 0 aromatic carbocycles. The van der Waals surface area contributed by atoms with E-state index >= 15 is 0 Å². The fourth-order valence-corrected chi connectivity index (χ4v) is 5.07. The van der Waals surface area contributed by atoms with Crippen LogP contribution >= 0.6 is 0 Å². The molecule has 0 radical (unpaired) electrons. The fraction of sp³-hybridized carbons (Fsp3) is 0.588. The topological polar surface area (TPSA) is 54.5 Å². The van der Waals surface area contributed by atoms with Crippen molar-refractivity contribution in [2.24, 2.45) is 5.92 Å². The first-order valence-electron chi connectivity index (χ1n) is 7.35. The molecule has 1 aliphatic heterocycles. The summed E-state index contributed by atoms with van der Waals surface area (Å²) in [6, 6.07) is -0.0122. The molecule has 0 saturated carbocycles. The van der Waals surface area contributed by atoms with Gasteiger partial charge in [0.25, 0.3) is 0 Å². The zero-order valence-corrected chi connectivity index (χ0v) is 14.9. The molecule has 1 saturated heterocycles. The maximum absolute atomic E-state index is 12.6. The van der Waals surface area contributed by atoms with E-state index in [0.717, 1.165) is 0 Å². The Morgan fingerprint density at radius 3 is 2.05 bits per heavy atom. The standard InChI is InChI=1S/C17H23NO3Si/c1-17(2,3)22(4,5)18-15(11-7-9-13-20)14(16(18)21)10-6-8-12-19/h12-15H,10-11H2,1-5H3/t14-,15-/m1/s1. The van der Waals surface area contributed by atoms with Gasteiger partial charge in [-0.15, -0.1) is 0 Å². The number of carbonyl (C=O) groups excluding carboxylic acids is 3. The second-order valence-corrected chi connectivity index (χ2v) is 12.1. The molecule has 118 valence electrons. The molecule has 0 N–H and O–H groups in total. The van der Waals surface area contributed by atoms with Crippen LogP contribution in [0.2, 0.25) is 18.1 Å².